The van der Waals surface area contributed by atoms with Crippen LogP contribution in [0.2, 0.25) is 0 Å². The second-order valence-corrected chi connectivity index (χ2v) is 12.6. The van der Waals surface area contributed by atoms with Crippen molar-refractivity contribution in [3.63, 3.8) is 0 Å². The number of cyclic esters (lactones) is 1. The van der Waals surface area contributed by atoms with Crippen LogP contribution in [0.4, 0.5) is 19.4 Å². The molecule has 220 valence electrons. The number of rotatable bonds is 2. The first-order chi connectivity index (χ1) is 20.1. The number of ether oxygens (including phenoxy) is 3. The van der Waals surface area contributed by atoms with Gasteiger partial charge in [-0.3, -0.25) is 0 Å². The molecule has 1 amide bonds. The smallest absolute Gasteiger partial charge is 0.416 e. The molecule has 0 radical (unpaired) electrons. The van der Waals surface area contributed by atoms with Gasteiger partial charge in [0.05, 0.1) is 29.9 Å². The molecule has 42 heavy (non-hydrogen) atoms. The molecule has 4 aromatic rings. The quantitative estimate of drug-likeness (QED) is 0.199. The summed E-state index contributed by atoms with van der Waals surface area (Å²) >= 11 is 9.15. The zero-order valence-electron chi connectivity index (χ0n) is 22.4. The zero-order chi connectivity index (χ0) is 29.7. The molecule has 0 bridgehead atoms. The number of hydrogen-bond acceptors (Lipinski definition) is 6. The number of nitrogens with zero attached hydrogens (tertiary/aromatic N) is 5. The van der Waals surface area contributed by atoms with Crippen LogP contribution in [-0.4, -0.2) is 57.5 Å². The molecule has 0 aliphatic carbocycles. The van der Waals surface area contributed by atoms with E-state index in [-0.39, 0.29) is 12.4 Å². The van der Waals surface area contributed by atoms with E-state index >= 15 is 0 Å². The Bertz CT molecular complexity index is 1700. The summed E-state index contributed by atoms with van der Waals surface area (Å²) in [5.74, 6) is 3.35. The summed E-state index contributed by atoms with van der Waals surface area (Å²) in [6.07, 6.45) is -3.51. The van der Waals surface area contributed by atoms with Crippen molar-refractivity contribution in [1.29, 1.82) is 0 Å². The minimum atomic E-state index is -2.71. The Labute approximate surface area is 270 Å². The highest BCUT2D eigenvalue weighted by Crippen LogP contribution is 2.39. The first-order valence-electron chi connectivity index (χ1n) is 13.0. The van der Waals surface area contributed by atoms with Gasteiger partial charge in [0.2, 0.25) is 0 Å². The molecule has 0 saturated carbocycles. The molecule has 5 heterocycles. The SMILES string of the molecule is Cc1c(I)nc2n1CCOc1cc(Br)ccc1-2.Cc1c(N2C(=O)OC[C@H]2C(F)F)nc2n1CCOc1cc(Br)ccc1-2. The molecule has 0 unspecified atom stereocenters. The van der Waals surface area contributed by atoms with Crippen LogP contribution in [0.15, 0.2) is 45.3 Å². The van der Waals surface area contributed by atoms with E-state index in [1.807, 2.05) is 34.9 Å². The Morgan fingerprint density at radius 1 is 0.881 bits per heavy atom. The third-order valence-electron chi connectivity index (χ3n) is 7.30. The van der Waals surface area contributed by atoms with Crippen molar-refractivity contribution in [2.75, 3.05) is 24.7 Å². The van der Waals surface area contributed by atoms with Gasteiger partial charge < -0.3 is 23.3 Å². The van der Waals surface area contributed by atoms with Crippen molar-refractivity contribution in [2.24, 2.45) is 0 Å². The average molecular weight is 819 g/mol. The summed E-state index contributed by atoms with van der Waals surface area (Å²) in [5, 5.41) is 0. The van der Waals surface area contributed by atoms with Gasteiger partial charge in [-0.15, -0.1) is 0 Å². The highest BCUT2D eigenvalue weighted by molar-refractivity contribution is 14.1. The van der Waals surface area contributed by atoms with Gasteiger partial charge in [0.25, 0.3) is 6.43 Å². The molecule has 1 fully saturated rings. The van der Waals surface area contributed by atoms with E-state index in [1.165, 1.54) is 5.69 Å². The van der Waals surface area contributed by atoms with Crippen LogP contribution in [0.1, 0.15) is 11.4 Å². The zero-order valence-corrected chi connectivity index (χ0v) is 27.7. The van der Waals surface area contributed by atoms with Gasteiger partial charge in [0, 0.05) is 14.6 Å². The molecule has 2 aromatic heterocycles. The van der Waals surface area contributed by atoms with Crippen molar-refractivity contribution in [3.8, 4) is 34.3 Å². The van der Waals surface area contributed by atoms with Crippen molar-refractivity contribution in [3.05, 3.63) is 60.4 Å². The Morgan fingerprint density at radius 2 is 1.43 bits per heavy atom. The molecule has 3 aliphatic rings. The maximum atomic E-state index is 13.3. The third kappa shape index (κ3) is 5.29. The predicted octanol–water partition coefficient (Wildman–Crippen LogP) is 7.22. The number of imidazole rings is 2. The fourth-order valence-electron chi connectivity index (χ4n) is 5.17. The average Bonchev–Trinajstić information content (AvgIpc) is 3.47. The summed E-state index contributed by atoms with van der Waals surface area (Å²) in [5.41, 5.74) is 3.65. The van der Waals surface area contributed by atoms with Gasteiger partial charge in [-0.1, -0.05) is 31.9 Å². The van der Waals surface area contributed by atoms with Gasteiger partial charge in [0.15, 0.2) is 5.82 Å². The van der Waals surface area contributed by atoms with Crippen molar-refractivity contribution in [2.45, 2.75) is 39.4 Å². The second kappa shape index (κ2) is 11.8. The van der Waals surface area contributed by atoms with Crippen LogP contribution in [0, 0.1) is 17.5 Å². The Kier molecular flexibility index (Phi) is 8.21. The number of aromatic nitrogens is 4. The van der Waals surface area contributed by atoms with E-state index in [0.29, 0.717) is 37.0 Å². The van der Waals surface area contributed by atoms with Crippen LogP contribution in [0.3, 0.4) is 0 Å². The number of halogens is 5. The van der Waals surface area contributed by atoms with Gasteiger partial charge in [-0.2, -0.15) is 0 Å². The van der Waals surface area contributed by atoms with Gasteiger partial charge in [-0.05, 0) is 72.8 Å². The first-order valence-corrected chi connectivity index (χ1v) is 15.7. The molecule has 7 rings (SSSR count). The van der Waals surface area contributed by atoms with Crippen LogP contribution < -0.4 is 14.4 Å². The Balaban J connectivity index is 0.000000162. The lowest BCUT2D eigenvalue weighted by atomic mass is 10.2. The van der Waals surface area contributed by atoms with E-state index in [0.717, 1.165) is 46.8 Å². The number of hydrogen-bond donors (Lipinski definition) is 0. The van der Waals surface area contributed by atoms with Gasteiger partial charge in [0.1, 0.15) is 52.7 Å². The molecule has 0 spiro atoms. The lowest BCUT2D eigenvalue weighted by molar-refractivity contribution is 0.104. The largest absolute Gasteiger partial charge is 0.491 e. The summed E-state index contributed by atoms with van der Waals surface area (Å²) in [7, 11) is 0. The highest BCUT2D eigenvalue weighted by atomic mass is 127. The van der Waals surface area contributed by atoms with Crippen molar-refractivity contribution in [1.82, 2.24) is 19.1 Å². The molecule has 14 heteroatoms. The Hall–Kier alpha value is -2.72. The predicted molar refractivity (Wildman–Crippen MR) is 168 cm³/mol. The normalized spacial score (nSPS) is 17.0. The van der Waals surface area contributed by atoms with E-state index < -0.39 is 18.6 Å². The van der Waals surface area contributed by atoms with Crippen LogP contribution >= 0.6 is 54.5 Å². The van der Waals surface area contributed by atoms with E-state index in [9.17, 15) is 13.6 Å². The Morgan fingerprint density at radius 3 is 2.00 bits per heavy atom. The third-order valence-corrected chi connectivity index (χ3v) is 9.31. The maximum absolute atomic E-state index is 13.3. The standard InChI is InChI=1S/C16H14BrF2N3O3.C12H10BrIN2O/c1-8-14(22-11(13(18)19)7-25-16(22)23)20-15-10-3-2-9(17)6-12(10)24-5-4-21(8)15;1-7-11(14)15-12-9-3-2-8(13)6-10(9)17-5-4-16(7)12/h2-3,6,11,13H,4-5,7H2,1H3;2-3,6H,4-5H2,1H3/t11-;/m0./s1. The molecule has 3 aliphatic heterocycles. The fourth-order valence-corrected chi connectivity index (χ4v) is 6.37. The number of benzene rings is 2. The summed E-state index contributed by atoms with van der Waals surface area (Å²) in [6.45, 7) is 5.96. The minimum Gasteiger partial charge on any atom is -0.491 e. The number of alkyl halides is 2. The molecule has 1 atom stereocenters. The number of carbonyl (C=O) groups excluding carboxylic acids is 1. The number of amides is 1. The van der Waals surface area contributed by atoms with Crippen LogP contribution in [0.25, 0.3) is 22.8 Å². The van der Waals surface area contributed by atoms with Crippen LogP contribution in [0.5, 0.6) is 11.5 Å². The van der Waals surface area contributed by atoms with Crippen LogP contribution in [-0.2, 0) is 17.8 Å². The minimum absolute atomic E-state index is 0.207. The maximum Gasteiger partial charge on any atom is 0.416 e. The topological polar surface area (TPSA) is 83.6 Å². The molecular weight excluding hydrogens is 795 g/mol. The number of carbonyl (C=O) groups is 1. The summed E-state index contributed by atoms with van der Waals surface area (Å²) in [4.78, 5) is 22.1. The molecule has 0 N–H and O–H groups in total. The number of fused-ring (bicyclic) bond motifs is 6. The van der Waals surface area contributed by atoms with Gasteiger partial charge >= 0.3 is 6.09 Å². The first kappa shape index (κ1) is 29.4. The van der Waals surface area contributed by atoms with E-state index in [4.69, 9.17) is 14.2 Å². The second-order valence-electron chi connectivity index (χ2n) is 9.79. The van der Waals surface area contributed by atoms with E-state index in [1.54, 1.807) is 6.92 Å². The molecular formula is C28H24Br2F2IN5O4. The van der Waals surface area contributed by atoms with Gasteiger partial charge in [-0.25, -0.2) is 28.4 Å². The highest BCUT2D eigenvalue weighted by Gasteiger charge is 2.43. The lowest BCUT2D eigenvalue weighted by Gasteiger charge is -2.19. The monoisotopic (exact) mass is 817 g/mol. The van der Waals surface area contributed by atoms with Crippen molar-refractivity contribution >= 4 is 66.4 Å². The van der Waals surface area contributed by atoms with Crippen molar-refractivity contribution < 1.29 is 27.8 Å². The molecule has 9 nitrogen and oxygen atoms in total. The lowest BCUT2D eigenvalue weighted by Crippen LogP contribution is -2.39. The fraction of sp³-hybridized carbons (Fsp3) is 0.321. The molecule has 2 aromatic carbocycles. The summed E-state index contributed by atoms with van der Waals surface area (Å²) in [6, 6.07) is 10.3. The summed E-state index contributed by atoms with van der Waals surface area (Å²) < 4.78 is 50.0. The van der Waals surface area contributed by atoms with E-state index in [2.05, 4.69) is 82.0 Å². The molecule has 1 saturated heterocycles. The number of anilines is 1.